The summed E-state index contributed by atoms with van der Waals surface area (Å²) in [7, 11) is 0. The Bertz CT molecular complexity index is 1350. The summed E-state index contributed by atoms with van der Waals surface area (Å²) in [5, 5.41) is 13.5. The van der Waals surface area contributed by atoms with Crippen LogP contribution in [0.4, 0.5) is 8.78 Å². The second-order valence-electron chi connectivity index (χ2n) is 8.60. The second kappa shape index (κ2) is 10.7. The summed E-state index contributed by atoms with van der Waals surface area (Å²) >= 11 is 0. The van der Waals surface area contributed by atoms with Gasteiger partial charge >= 0.3 is 0 Å². The first-order valence-corrected chi connectivity index (χ1v) is 11.6. The quantitative estimate of drug-likeness (QED) is 0.296. The third kappa shape index (κ3) is 5.52. The molecule has 0 aliphatic carbocycles. The number of carbonyl (C=O) groups excluding carboxylic acids is 1. The summed E-state index contributed by atoms with van der Waals surface area (Å²) in [6.07, 6.45) is 2.80. The number of halogens is 2. The van der Waals surface area contributed by atoms with E-state index in [-0.39, 0.29) is 23.8 Å². The number of aromatic nitrogens is 1. The first-order valence-electron chi connectivity index (χ1n) is 11.6. The van der Waals surface area contributed by atoms with Gasteiger partial charge in [-0.3, -0.25) is 4.79 Å². The molecule has 0 spiro atoms. The zero-order valence-corrected chi connectivity index (χ0v) is 19.7. The molecule has 35 heavy (non-hydrogen) atoms. The molecule has 0 saturated heterocycles. The first-order chi connectivity index (χ1) is 16.9. The number of fused-ring (bicyclic) bond motifs is 1. The number of hydrogen-bond donors (Lipinski definition) is 3. The fourth-order valence-electron chi connectivity index (χ4n) is 4.08. The first kappa shape index (κ1) is 24.4. The maximum absolute atomic E-state index is 14.6. The van der Waals surface area contributed by atoms with Gasteiger partial charge in [-0.15, -0.1) is 0 Å². The molecule has 0 bridgehead atoms. The predicted octanol–water partition coefficient (Wildman–Crippen LogP) is 5.54. The van der Waals surface area contributed by atoms with Gasteiger partial charge in [0.15, 0.2) is 0 Å². The third-order valence-electron chi connectivity index (χ3n) is 5.87. The number of aliphatic hydroxyl groups is 1. The number of H-pyrrole nitrogens is 1. The standard InChI is InChI=1S/C28H28F2N2O3/c1-3-10-35-27-9-5-18(22-7-4-17(2)11-25(22)30)13-24(27)28(34)32-21(16-33)12-19-15-31-26-8-6-20(29)14-23(19)26/h4-9,11,13-15,21,31,33H,3,10,12,16H2,1-2H3,(H,32,34). The number of aryl methyl sites for hydroxylation is 1. The van der Waals surface area contributed by atoms with Crippen molar-refractivity contribution in [2.75, 3.05) is 13.2 Å². The maximum Gasteiger partial charge on any atom is 0.255 e. The number of nitrogens with one attached hydrogen (secondary N) is 2. The molecule has 1 amide bonds. The van der Waals surface area contributed by atoms with Gasteiger partial charge in [0.1, 0.15) is 17.4 Å². The third-order valence-corrected chi connectivity index (χ3v) is 5.87. The largest absolute Gasteiger partial charge is 0.493 e. The van der Waals surface area contributed by atoms with Crippen molar-refractivity contribution in [2.24, 2.45) is 0 Å². The van der Waals surface area contributed by atoms with Gasteiger partial charge in [-0.05, 0) is 72.9 Å². The van der Waals surface area contributed by atoms with Gasteiger partial charge in [0.05, 0.1) is 24.8 Å². The minimum Gasteiger partial charge on any atom is -0.493 e. The molecular weight excluding hydrogens is 450 g/mol. The lowest BCUT2D eigenvalue weighted by Crippen LogP contribution is -2.39. The average molecular weight is 479 g/mol. The average Bonchev–Trinajstić information content (AvgIpc) is 3.23. The molecule has 182 valence electrons. The molecule has 0 saturated carbocycles. The van der Waals surface area contributed by atoms with Crippen molar-refractivity contribution < 1.29 is 23.4 Å². The molecule has 5 nitrogen and oxygen atoms in total. The molecule has 0 aliphatic rings. The van der Waals surface area contributed by atoms with Crippen molar-refractivity contribution >= 4 is 16.8 Å². The molecule has 1 atom stereocenters. The van der Waals surface area contributed by atoms with Crippen LogP contribution >= 0.6 is 0 Å². The zero-order valence-electron chi connectivity index (χ0n) is 19.7. The van der Waals surface area contributed by atoms with Gasteiger partial charge in [0, 0.05) is 22.7 Å². The Kier molecular flexibility index (Phi) is 7.46. The van der Waals surface area contributed by atoms with Crippen LogP contribution in [-0.2, 0) is 6.42 Å². The monoisotopic (exact) mass is 478 g/mol. The van der Waals surface area contributed by atoms with Crippen LogP contribution in [0.3, 0.4) is 0 Å². The number of aliphatic hydroxyl groups excluding tert-OH is 1. The van der Waals surface area contributed by atoms with Crippen LogP contribution < -0.4 is 10.1 Å². The summed E-state index contributed by atoms with van der Waals surface area (Å²) in [5.41, 5.74) is 3.52. The lowest BCUT2D eigenvalue weighted by atomic mass is 9.99. The lowest BCUT2D eigenvalue weighted by molar-refractivity contribution is 0.0912. The molecule has 1 heterocycles. The molecule has 0 fully saturated rings. The van der Waals surface area contributed by atoms with E-state index in [1.54, 1.807) is 36.5 Å². The van der Waals surface area contributed by atoms with E-state index < -0.39 is 11.9 Å². The Labute approximate surface area is 202 Å². The molecule has 7 heteroatoms. The molecule has 3 N–H and O–H groups in total. The molecule has 3 aromatic carbocycles. The molecule has 4 aromatic rings. The minimum atomic E-state index is -0.622. The van der Waals surface area contributed by atoms with Crippen LogP contribution in [0, 0.1) is 18.6 Å². The number of aromatic amines is 1. The lowest BCUT2D eigenvalue weighted by Gasteiger charge is -2.18. The van der Waals surface area contributed by atoms with Crippen molar-refractivity contribution in [3.8, 4) is 16.9 Å². The summed E-state index contributed by atoms with van der Waals surface area (Å²) < 4.78 is 34.1. The van der Waals surface area contributed by atoms with Gasteiger partial charge < -0.3 is 20.1 Å². The van der Waals surface area contributed by atoms with Crippen LogP contribution in [0.2, 0.25) is 0 Å². The van der Waals surface area contributed by atoms with E-state index >= 15 is 0 Å². The van der Waals surface area contributed by atoms with Gasteiger partial charge in [-0.1, -0.05) is 25.1 Å². The van der Waals surface area contributed by atoms with E-state index in [9.17, 15) is 18.7 Å². The van der Waals surface area contributed by atoms with Crippen molar-refractivity contribution in [3.05, 3.63) is 89.1 Å². The van der Waals surface area contributed by atoms with Crippen LogP contribution in [0.1, 0.15) is 34.8 Å². The number of carbonyl (C=O) groups is 1. The highest BCUT2D eigenvalue weighted by Gasteiger charge is 2.20. The number of hydrogen-bond acceptors (Lipinski definition) is 3. The van der Waals surface area contributed by atoms with Gasteiger partial charge in [-0.2, -0.15) is 0 Å². The smallest absolute Gasteiger partial charge is 0.255 e. The second-order valence-corrected chi connectivity index (χ2v) is 8.60. The zero-order chi connectivity index (χ0) is 24.9. The number of amides is 1. The predicted molar refractivity (Wildman–Crippen MR) is 133 cm³/mol. The van der Waals surface area contributed by atoms with E-state index in [1.165, 1.54) is 18.2 Å². The number of benzene rings is 3. The van der Waals surface area contributed by atoms with Crippen LogP contribution in [0.15, 0.2) is 60.8 Å². The Balaban J connectivity index is 1.61. The maximum atomic E-state index is 14.6. The van der Waals surface area contributed by atoms with Crippen molar-refractivity contribution in [2.45, 2.75) is 32.7 Å². The van der Waals surface area contributed by atoms with Crippen LogP contribution in [-0.4, -0.2) is 35.3 Å². The summed E-state index contributed by atoms with van der Waals surface area (Å²) in [6, 6.07) is 13.7. The Morgan fingerprint density at radius 3 is 2.69 bits per heavy atom. The van der Waals surface area contributed by atoms with Crippen LogP contribution in [0.25, 0.3) is 22.0 Å². The van der Waals surface area contributed by atoms with Gasteiger partial charge in [0.25, 0.3) is 5.91 Å². The van der Waals surface area contributed by atoms with E-state index in [1.807, 2.05) is 19.9 Å². The SMILES string of the molecule is CCCOc1ccc(-c2ccc(C)cc2F)cc1C(=O)NC(CO)Cc1c[nH]c2ccc(F)cc12. The summed E-state index contributed by atoms with van der Waals surface area (Å²) in [6.45, 7) is 3.88. The van der Waals surface area contributed by atoms with E-state index in [4.69, 9.17) is 4.74 Å². The Morgan fingerprint density at radius 2 is 1.94 bits per heavy atom. The van der Waals surface area contributed by atoms with E-state index in [0.717, 1.165) is 23.1 Å². The Morgan fingerprint density at radius 1 is 1.11 bits per heavy atom. The molecule has 1 aromatic heterocycles. The molecular formula is C28H28F2N2O3. The molecule has 4 rings (SSSR count). The van der Waals surface area contributed by atoms with Crippen molar-refractivity contribution in [1.82, 2.24) is 10.3 Å². The highest BCUT2D eigenvalue weighted by atomic mass is 19.1. The van der Waals surface area contributed by atoms with E-state index in [2.05, 4.69) is 10.3 Å². The molecule has 0 radical (unpaired) electrons. The van der Waals surface area contributed by atoms with Crippen molar-refractivity contribution in [1.29, 1.82) is 0 Å². The number of ether oxygens (including phenoxy) is 1. The normalized spacial score (nSPS) is 12.0. The summed E-state index contributed by atoms with van der Waals surface area (Å²) in [5.74, 6) is -0.804. The highest BCUT2D eigenvalue weighted by molar-refractivity contribution is 5.98. The topological polar surface area (TPSA) is 74.3 Å². The fraction of sp³-hybridized carbons (Fsp3) is 0.250. The highest BCUT2D eigenvalue weighted by Crippen LogP contribution is 2.29. The van der Waals surface area contributed by atoms with Gasteiger partial charge in [0.2, 0.25) is 0 Å². The minimum absolute atomic E-state index is 0.249. The molecule has 1 unspecified atom stereocenters. The van der Waals surface area contributed by atoms with Crippen LogP contribution in [0.5, 0.6) is 5.75 Å². The number of rotatable bonds is 9. The summed E-state index contributed by atoms with van der Waals surface area (Å²) in [4.78, 5) is 16.4. The van der Waals surface area contributed by atoms with Gasteiger partial charge in [-0.25, -0.2) is 8.78 Å². The van der Waals surface area contributed by atoms with E-state index in [0.29, 0.717) is 35.3 Å². The molecule has 0 aliphatic heterocycles. The van der Waals surface area contributed by atoms with Crippen molar-refractivity contribution in [3.63, 3.8) is 0 Å². The Hall–Kier alpha value is -3.71. The fourth-order valence-corrected chi connectivity index (χ4v) is 4.08.